The van der Waals surface area contributed by atoms with Gasteiger partial charge in [0.1, 0.15) is 11.5 Å². The zero-order chi connectivity index (χ0) is 38.3. The molecule has 54 heavy (non-hydrogen) atoms. The van der Waals surface area contributed by atoms with Gasteiger partial charge in [-0.1, -0.05) is 166 Å². The molecule has 1 fully saturated rings. The van der Waals surface area contributed by atoms with Crippen LogP contribution in [0.3, 0.4) is 0 Å². The summed E-state index contributed by atoms with van der Waals surface area (Å²) in [6.45, 7) is 10.2. The highest BCUT2D eigenvalue weighted by molar-refractivity contribution is 5.82. The fourth-order valence-corrected chi connectivity index (χ4v) is 7.93. The van der Waals surface area contributed by atoms with Crippen LogP contribution in [0.15, 0.2) is 77.8 Å². The number of benzene rings is 3. The van der Waals surface area contributed by atoms with Gasteiger partial charge in [0.05, 0.1) is 30.0 Å². The molecule has 0 amide bonds. The number of hydrogen-bond acceptors (Lipinski definition) is 4. The van der Waals surface area contributed by atoms with E-state index in [4.69, 9.17) is 14.5 Å². The average molecular weight is 738 g/mol. The van der Waals surface area contributed by atoms with Crippen molar-refractivity contribution in [3.8, 4) is 11.5 Å². The number of nitrogens with zero attached hydrogens (tertiary/aromatic N) is 2. The van der Waals surface area contributed by atoms with E-state index in [1.54, 1.807) is 0 Å². The summed E-state index contributed by atoms with van der Waals surface area (Å²) >= 11 is 0. The Morgan fingerprint density at radius 3 is 1.28 bits per heavy atom. The van der Waals surface area contributed by atoms with Gasteiger partial charge in [-0.15, -0.1) is 10.3 Å². The molecule has 1 radical (unpaired) electrons. The second-order valence-corrected chi connectivity index (χ2v) is 16.3. The van der Waals surface area contributed by atoms with E-state index < -0.39 is 11.1 Å². The third kappa shape index (κ3) is 14.2. The van der Waals surface area contributed by atoms with Crippen LogP contribution < -0.4 is 9.47 Å². The monoisotopic (exact) mass is 738 g/mol. The maximum Gasteiger partial charge on any atom is 0.119 e. The molecule has 2 atom stereocenters. The maximum absolute atomic E-state index is 14.1. The normalized spacial score (nSPS) is 18.8. The van der Waals surface area contributed by atoms with E-state index in [9.17, 15) is 5.21 Å². The Bertz CT molecular complexity index is 1440. The van der Waals surface area contributed by atoms with Crippen molar-refractivity contribution in [1.82, 2.24) is 5.06 Å². The van der Waals surface area contributed by atoms with Crippen LogP contribution in [-0.2, 0) is 16.3 Å². The fraction of sp³-hybridized carbons (Fsp3) is 0.612. The lowest BCUT2D eigenvalue weighted by molar-refractivity contribution is -0.260. The van der Waals surface area contributed by atoms with Crippen LogP contribution in [0.4, 0.5) is 5.69 Å². The van der Waals surface area contributed by atoms with Crippen LogP contribution >= 0.6 is 0 Å². The van der Waals surface area contributed by atoms with Gasteiger partial charge in [-0.3, -0.25) is 4.99 Å². The smallest absolute Gasteiger partial charge is 0.119 e. The Morgan fingerprint density at radius 1 is 0.519 bits per heavy atom. The molecule has 0 bridgehead atoms. The summed E-state index contributed by atoms with van der Waals surface area (Å²) < 4.78 is 12.0. The fourth-order valence-electron chi connectivity index (χ4n) is 7.93. The van der Waals surface area contributed by atoms with Gasteiger partial charge in [0, 0.05) is 6.21 Å². The summed E-state index contributed by atoms with van der Waals surface area (Å²) in [5.74, 6) is 1.79. The third-order valence-electron chi connectivity index (χ3n) is 11.7. The topological polar surface area (TPSA) is 54.0 Å². The highest BCUT2D eigenvalue weighted by Gasteiger charge is 2.52. The minimum absolute atomic E-state index is 0.590. The second kappa shape index (κ2) is 24.4. The SMILES string of the molecule is CCCCCCCCCCCCOc1ccc(N=Cc2ccc([C@]3(C)CC[C@@](C)(c4ccc(OCCCCCCCCCCCC)cc4)N3[O])cc2)cc1. The molecule has 3 aromatic rings. The van der Waals surface area contributed by atoms with Crippen molar-refractivity contribution in [2.45, 2.75) is 180 Å². The first-order valence-electron chi connectivity index (χ1n) is 22.0. The van der Waals surface area contributed by atoms with E-state index in [0.717, 1.165) is 72.8 Å². The molecule has 4 rings (SSSR count). The quantitative estimate of drug-likeness (QED) is 0.0551. The first-order valence-corrected chi connectivity index (χ1v) is 22.0. The molecular formula is C49H73N2O3. The Balaban J connectivity index is 1.16. The summed E-state index contributed by atoms with van der Waals surface area (Å²) in [5, 5.41) is 15.4. The van der Waals surface area contributed by atoms with Gasteiger partial charge in [0.25, 0.3) is 0 Å². The average Bonchev–Trinajstić information content (AvgIpc) is 3.44. The van der Waals surface area contributed by atoms with Crippen LogP contribution in [-0.4, -0.2) is 24.5 Å². The van der Waals surface area contributed by atoms with Crippen LogP contribution in [0.2, 0.25) is 0 Å². The molecule has 1 aliphatic rings. The summed E-state index contributed by atoms with van der Waals surface area (Å²) in [4.78, 5) is 4.69. The highest BCUT2D eigenvalue weighted by atomic mass is 16.5. The summed E-state index contributed by atoms with van der Waals surface area (Å²) in [6, 6.07) is 24.6. The predicted octanol–water partition coefficient (Wildman–Crippen LogP) is 14.6. The number of ether oxygens (including phenoxy) is 2. The molecular weight excluding hydrogens is 665 g/mol. The lowest BCUT2D eigenvalue weighted by Crippen LogP contribution is -2.44. The molecule has 1 heterocycles. The molecule has 0 saturated carbocycles. The first kappa shape index (κ1) is 43.6. The first-order chi connectivity index (χ1) is 26.4. The predicted molar refractivity (Wildman–Crippen MR) is 228 cm³/mol. The Hall–Kier alpha value is -3.15. The van der Waals surface area contributed by atoms with Crippen molar-refractivity contribution in [2.24, 2.45) is 4.99 Å². The molecule has 0 unspecified atom stereocenters. The lowest BCUT2D eigenvalue weighted by atomic mass is 9.89. The molecule has 5 heteroatoms. The Morgan fingerprint density at radius 2 is 0.870 bits per heavy atom. The van der Waals surface area contributed by atoms with Crippen molar-refractivity contribution in [3.63, 3.8) is 0 Å². The highest BCUT2D eigenvalue weighted by Crippen LogP contribution is 2.51. The number of aliphatic imine (C=N–C) groups is 1. The van der Waals surface area contributed by atoms with Gasteiger partial charge >= 0.3 is 0 Å². The molecule has 5 nitrogen and oxygen atoms in total. The molecule has 297 valence electrons. The van der Waals surface area contributed by atoms with Crippen LogP contribution in [0.1, 0.15) is 186 Å². The van der Waals surface area contributed by atoms with E-state index >= 15 is 0 Å². The molecule has 1 aliphatic heterocycles. The van der Waals surface area contributed by atoms with Gasteiger partial charge in [-0.05, 0) is 92.6 Å². The van der Waals surface area contributed by atoms with E-state index in [1.165, 1.54) is 121 Å². The van der Waals surface area contributed by atoms with E-state index in [2.05, 4.69) is 64.1 Å². The molecule has 0 spiro atoms. The Labute approximate surface area is 329 Å². The van der Waals surface area contributed by atoms with E-state index in [1.807, 2.05) is 42.6 Å². The molecule has 3 aromatic carbocycles. The van der Waals surface area contributed by atoms with Crippen molar-refractivity contribution in [2.75, 3.05) is 13.2 Å². The second-order valence-electron chi connectivity index (χ2n) is 16.3. The van der Waals surface area contributed by atoms with Gasteiger partial charge in [0.15, 0.2) is 0 Å². The Kier molecular flexibility index (Phi) is 19.7. The number of hydrogen-bond donors (Lipinski definition) is 0. The lowest BCUT2D eigenvalue weighted by Gasteiger charge is -2.37. The third-order valence-corrected chi connectivity index (χ3v) is 11.7. The molecule has 0 aliphatic carbocycles. The number of rotatable bonds is 28. The maximum atomic E-state index is 14.1. The number of hydroxylamine groups is 2. The van der Waals surface area contributed by atoms with E-state index in [-0.39, 0.29) is 0 Å². The zero-order valence-corrected chi connectivity index (χ0v) is 34.6. The van der Waals surface area contributed by atoms with Gasteiger partial charge in [0.2, 0.25) is 0 Å². The molecule has 0 aromatic heterocycles. The van der Waals surface area contributed by atoms with E-state index in [0.29, 0.717) is 0 Å². The van der Waals surface area contributed by atoms with Crippen molar-refractivity contribution in [3.05, 3.63) is 89.5 Å². The molecule has 1 saturated heterocycles. The minimum atomic E-state index is -0.598. The summed E-state index contributed by atoms with van der Waals surface area (Å²) in [7, 11) is 0. The summed E-state index contributed by atoms with van der Waals surface area (Å²) in [6.07, 6.45) is 30.0. The van der Waals surface area contributed by atoms with Crippen LogP contribution in [0.25, 0.3) is 0 Å². The van der Waals surface area contributed by atoms with Crippen molar-refractivity contribution in [1.29, 1.82) is 0 Å². The van der Waals surface area contributed by atoms with Crippen molar-refractivity contribution >= 4 is 11.9 Å². The number of unbranched alkanes of at least 4 members (excludes halogenated alkanes) is 18. The van der Waals surface area contributed by atoms with Gasteiger partial charge < -0.3 is 9.47 Å². The minimum Gasteiger partial charge on any atom is -0.494 e. The van der Waals surface area contributed by atoms with Gasteiger partial charge in [-0.2, -0.15) is 0 Å². The summed E-state index contributed by atoms with van der Waals surface area (Å²) in [5.41, 5.74) is 2.80. The van der Waals surface area contributed by atoms with Crippen LogP contribution in [0.5, 0.6) is 11.5 Å². The van der Waals surface area contributed by atoms with Gasteiger partial charge in [-0.25, -0.2) is 0 Å². The molecule has 0 N–H and O–H groups in total. The largest absolute Gasteiger partial charge is 0.494 e. The standard InChI is InChI=1S/C49H73N2O3/c1-5-7-9-11-13-15-17-19-21-23-39-53-46-33-29-44(30-34-46)49(4)38-37-48(3,51(49)52)43-27-25-42(26-28-43)41-50-45-31-35-47(36-32-45)54-40-24-22-20-18-16-14-12-10-8-6-2/h25-36,41H,5-24,37-40H2,1-4H3/t48-,49-/m0/s1. The van der Waals surface area contributed by atoms with Crippen LogP contribution in [0, 0.1) is 0 Å². The van der Waals surface area contributed by atoms with Crippen molar-refractivity contribution < 1.29 is 14.7 Å². The zero-order valence-electron chi connectivity index (χ0n) is 34.6.